The number of carbonyl (C=O) groups excluding carboxylic acids is 1. The lowest BCUT2D eigenvalue weighted by molar-refractivity contribution is -0.123. The Balaban J connectivity index is 2.01. The average molecular weight is 293 g/mol. The average Bonchev–Trinajstić information content (AvgIpc) is 2.48. The number of likely N-dealkylation sites (N-methyl/N-ethyl adjacent to an activating group) is 1. The molecule has 1 aromatic carbocycles. The smallest absolute Gasteiger partial charge is 0.238 e. The van der Waals surface area contributed by atoms with Gasteiger partial charge in [0.05, 0.1) is 12.1 Å². The molecule has 0 bridgehead atoms. The third-order valence-electron chi connectivity index (χ3n) is 3.30. The highest BCUT2D eigenvalue weighted by atomic mass is 32.2. The second-order valence-electron chi connectivity index (χ2n) is 5.32. The van der Waals surface area contributed by atoms with E-state index in [2.05, 4.69) is 27.7 Å². The Morgan fingerprint density at radius 1 is 1.45 bits per heavy atom. The summed E-state index contributed by atoms with van der Waals surface area (Å²) in [6.07, 6.45) is 0. The summed E-state index contributed by atoms with van der Waals surface area (Å²) in [5.41, 5.74) is 1.15. The lowest BCUT2D eigenvalue weighted by Crippen LogP contribution is -2.50. The molecule has 1 aromatic rings. The molecular formula is C15H23N3OS. The molecule has 5 heteroatoms. The molecule has 4 nitrogen and oxygen atoms in total. The minimum absolute atomic E-state index is 0.0347. The van der Waals surface area contributed by atoms with Gasteiger partial charge >= 0.3 is 0 Å². The van der Waals surface area contributed by atoms with Gasteiger partial charge in [-0.05, 0) is 19.7 Å². The topological polar surface area (TPSA) is 44.4 Å². The zero-order chi connectivity index (χ0) is 14.4. The molecule has 110 valence electrons. The van der Waals surface area contributed by atoms with E-state index in [9.17, 15) is 4.79 Å². The Labute approximate surface area is 125 Å². The highest BCUT2D eigenvalue weighted by Gasteiger charge is 2.24. The zero-order valence-electron chi connectivity index (χ0n) is 12.1. The monoisotopic (exact) mass is 293 g/mol. The van der Waals surface area contributed by atoms with Crippen LogP contribution in [0.2, 0.25) is 0 Å². The van der Waals surface area contributed by atoms with E-state index in [0.29, 0.717) is 0 Å². The third kappa shape index (κ3) is 4.51. The maximum Gasteiger partial charge on any atom is 0.238 e. The molecule has 0 saturated carbocycles. The summed E-state index contributed by atoms with van der Waals surface area (Å²) < 4.78 is 0. The van der Waals surface area contributed by atoms with Crippen LogP contribution in [0, 0.1) is 0 Å². The Bertz CT molecular complexity index is 418. The molecule has 20 heavy (non-hydrogen) atoms. The molecule has 1 fully saturated rings. The summed E-state index contributed by atoms with van der Waals surface area (Å²) in [7, 11) is 4.05. The summed E-state index contributed by atoms with van der Waals surface area (Å²) >= 11 is 1.83. The van der Waals surface area contributed by atoms with Crippen LogP contribution in [0.15, 0.2) is 30.3 Å². The van der Waals surface area contributed by atoms with Crippen molar-refractivity contribution in [3.8, 4) is 0 Å². The second-order valence-corrected chi connectivity index (χ2v) is 6.47. The fourth-order valence-electron chi connectivity index (χ4n) is 2.29. The molecule has 1 heterocycles. The summed E-state index contributed by atoms with van der Waals surface area (Å²) in [5.74, 6) is 2.05. The largest absolute Gasteiger partial charge is 0.347 e. The number of benzene rings is 1. The molecule has 2 rings (SSSR count). The first kappa shape index (κ1) is 15.4. The first-order chi connectivity index (χ1) is 9.66. The molecule has 1 aliphatic heterocycles. The Morgan fingerprint density at radius 3 is 2.80 bits per heavy atom. The van der Waals surface area contributed by atoms with Crippen molar-refractivity contribution in [3.63, 3.8) is 0 Å². The van der Waals surface area contributed by atoms with Crippen molar-refractivity contribution in [1.82, 2.24) is 15.5 Å². The van der Waals surface area contributed by atoms with E-state index in [1.54, 1.807) is 0 Å². The van der Waals surface area contributed by atoms with Crippen molar-refractivity contribution >= 4 is 17.7 Å². The van der Waals surface area contributed by atoms with Crippen LogP contribution >= 0.6 is 11.8 Å². The lowest BCUT2D eigenvalue weighted by atomic mass is 10.1. The van der Waals surface area contributed by atoms with Crippen LogP contribution in [0.1, 0.15) is 11.6 Å². The first-order valence-corrected chi connectivity index (χ1v) is 8.13. The normalized spacial score (nSPS) is 20.6. The van der Waals surface area contributed by atoms with Gasteiger partial charge in [0.15, 0.2) is 0 Å². The summed E-state index contributed by atoms with van der Waals surface area (Å²) in [4.78, 5) is 14.5. The van der Waals surface area contributed by atoms with Crippen molar-refractivity contribution < 1.29 is 4.79 Å². The molecule has 0 aromatic heterocycles. The van der Waals surface area contributed by atoms with Crippen LogP contribution in [0.3, 0.4) is 0 Å². The van der Waals surface area contributed by atoms with Crippen LogP contribution in [-0.2, 0) is 4.79 Å². The van der Waals surface area contributed by atoms with Gasteiger partial charge < -0.3 is 15.5 Å². The number of rotatable bonds is 5. The fourth-order valence-corrected chi connectivity index (χ4v) is 3.22. The standard InChI is InChI=1S/C15H23N3OS/c1-18(2)10-13(12-6-4-3-5-7-12)17-15(19)14-11-20-9-8-16-14/h3-7,13-14,16H,8-11H2,1-2H3,(H,17,19). The van der Waals surface area contributed by atoms with Crippen molar-refractivity contribution in [2.24, 2.45) is 0 Å². The van der Waals surface area contributed by atoms with Crippen molar-refractivity contribution in [2.75, 3.05) is 38.7 Å². The highest BCUT2D eigenvalue weighted by molar-refractivity contribution is 7.99. The molecular weight excluding hydrogens is 270 g/mol. The van der Waals surface area contributed by atoms with Gasteiger partial charge in [0.25, 0.3) is 0 Å². The van der Waals surface area contributed by atoms with Crippen molar-refractivity contribution in [3.05, 3.63) is 35.9 Å². The van der Waals surface area contributed by atoms with Gasteiger partial charge in [0.1, 0.15) is 0 Å². The fraction of sp³-hybridized carbons (Fsp3) is 0.533. The van der Waals surface area contributed by atoms with Crippen LogP contribution in [-0.4, -0.2) is 55.5 Å². The van der Waals surface area contributed by atoms with Gasteiger partial charge in [-0.2, -0.15) is 11.8 Å². The Morgan fingerprint density at radius 2 is 2.20 bits per heavy atom. The molecule has 2 atom stereocenters. The molecule has 1 aliphatic rings. The third-order valence-corrected chi connectivity index (χ3v) is 4.37. The first-order valence-electron chi connectivity index (χ1n) is 6.98. The number of nitrogens with zero attached hydrogens (tertiary/aromatic N) is 1. The molecule has 0 aliphatic carbocycles. The predicted molar refractivity (Wildman–Crippen MR) is 85.0 cm³/mol. The number of carbonyl (C=O) groups is 1. The number of amides is 1. The molecule has 0 spiro atoms. The van der Waals surface area contributed by atoms with E-state index in [1.807, 2.05) is 44.1 Å². The maximum atomic E-state index is 12.4. The molecule has 1 amide bonds. The van der Waals surface area contributed by atoms with Gasteiger partial charge in [-0.25, -0.2) is 0 Å². The number of hydrogen-bond donors (Lipinski definition) is 2. The zero-order valence-corrected chi connectivity index (χ0v) is 13.0. The Kier molecular flexibility index (Phi) is 5.88. The van der Waals surface area contributed by atoms with E-state index in [1.165, 1.54) is 0 Å². The van der Waals surface area contributed by atoms with E-state index in [0.717, 1.165) is 30.2 Å². The SMILES string of the molecule is CN(C)CC(NC(=O)C1CSCCN1)c1ccccc1. The van der Waals surface area contributed by atoms with Crippen LogP contribution in [0.5, 0.6) is 0 Å². The summed E-state index contributed by atoms with van der Waals surface area (Å²) in [6.45, 7) is 1.71. The Hall–Kier alpha value is -1.04. The molecule has 1 saturated heterocycles. The lowest BCUT2D eigenvalue weighted by Gasteiger charge is -2.27. The van der Waals surface area contributed by atoms with Crippen molar-refractivity contribution in [1.29, 1.82) is 0 Å². The van der Waals surface area contributed by atoms with Gasteiger partial charge in [0, 0.05) is 24.6 Å². The molecule has 0 radical (unpaired) electrons. The maximum absolute atomic E-state index is 12.4. The van der Waals surface area contributed by atoms with E-state index in [4.69, 9.17) is 0 Å². The van der Waals surface area contributed by atoms with Gasteiger partial charge in [-0.15, -0.1) is 0 Å². The predicted octanol–water partition coefficient (Wildman–Crippen LogP) is 1.11. The summed E-state index contributed by atoms with van der Waals surface area (Å²) in [5, 5.41) is 6.46. The van der Waals surface area contributed by atoms with E-state index in [-0.39, 0.29) is 18.0 Å². The van der Waals surface area contributed by atoms with Gasteiger partial charge in [-0.3, -0.25) is 4.79 Å². The molecule has 2 N–H and O–H groups in total. The quantitative estimate of drug-likeness (QED) is 0.854. The van der Waals surface area contributed by atoms with Crippen molar-refractivity contribution in [2.45, 2.75) is 12.1 Å². The van der Waals surface area contributed by atoms with E-state index >= 15 is 0 Å². The van der Waals surface area contributed by atoms with Gasteiger partial charge in [-0.1, -0.05) is 30.3 Å². The van der Waals surface area contributed by atoms with Crippen LogP contribution in [0.25, 0.3) is 0 Å². The minimum Gasteiger partial charge on any atom is -0.347 e. The van der Waals surface area contributed by atoms with E-state index < -0.39 is 0 Å². The van der Waals surface area contributed by atoms with Crippen LogP contribution in [0.4, 0.5) is 0 Å². The summed E-state index contributed by atoms with van der Waals surface area (Å²) in [6, 6.07) is 10.1. The van der Waals surface area contributed by atoms with Gasteiger partial charge in [0.2, 0.25) is 5.91 Å². The number of nitrogens with one attached hydrogen (secondary N) is 2. The highest BCUT2D eigenvalue weighted by Crippen LogP contribution is 2.15. The second kappa shape index (κ2) is 7.67. The number of hydrogen-bond acceptors (Lipinski definition) is 4. The molecule has 2 unspecified atom stereocenters. The van der Waals surface area contributed by atoms with Crippen LogP contribution < -0.4 is 10.6 Å². The minimum atomic E-state index is -0.0675. The number of thioether (sulfide) groups is 1.